The molecule has 4 rings (SSSR count). The van der Waals surface area contributed by atoms with Gasteiger partial charge in [-0.25, -0.2) is 0 Å². The molecule has 1 aromatic rings. The average Bonchev–Trinajstić information content (AvgIpc) is 3.52. The lowest BCUT2D eigenvalue weighted by Crippen LogP contribution is -2.51. The number of carbonyl (C=O) groups is 1. The van der Waals surface area contributed by atoms with Gasteiger partial charge in [-0.15, -0.1) is 0 Å². The van der Waals surface area contributed by atoms with E-state index in [1.54, 1.807) is 7.11 Å². The van der Waals surface area contributed by atoms with Gasteiger partial charge >= 0.3 is 0 Å². The van der Waals surface area contributed by atoms with Gasteiger partial charge in [0.05, 0.1) is 7.11 Å². The number of hydrogen-bond acceptors (Lipinski definition) is 4. The predicted octanol–water partition coefficient (Wildman–Crippen LogP) is 2.85. The van der Waals surface area contributed by atoms with E-state index in [0.717, 1.165) is 30.1 Å². The Morgan fingerprint density at radius 3 is 2.37 bits per heavy atom. The molecule has 2 N–H and O–H groups in total. The number of piperazine rings is 1. The van der Waals surface area contributed by atoms with E-state index in [2.05, 4.69) is 9.80 Å². The van der Waals surface area contributed by atoms with Crippen LogP contribution in [0.1, 0.15) is 60.4 Å². The van der Waals surface area contributed by atoms with E-state index in [1.165, 1.54) is 58.4 Å². The summed E-state index contributed by atoms with van der Waals surface area (Å²) >= 11 is 0. The molecule has 0 spiro atoms. The maximum Gasteiger partial charge on any atom is 0.249 e. The maximum atomic E-state index is 11.9. The van der Waals surface area contributed by atoms with Gasteiger partial charge in [-0.2, -0.15) is 0 Å². The van der Waals surface area contributed by atoms with Crippen molar-refractivity contribution in [3.63, 3.8) is 0 Å². The first-order valence-corrected chi connectivity index (χ1v) is 10.6. The molecule has 0 radical (unpaired) electrons. The van der Waals surface area contributed by atoms with Crippen molar-refractivity contribution in [3.05, 3.63) is 29.3 Å². The summed E-state index contributed by atoms with van der Waals surface area (Å²) in [7, 11) is 1.68. The Balaban J connectivity index is 1.35. The molecule has 2 aliphatic carbocycles. The number of benzene rings is 1. The lowest BCUT2D eigenvalue weighted by Gasteiger charge is -2.42. The largest absolute Gasteiger partial charge is 0.496 e. The smallest absolute Gasteiger partial charge is 0.249 e. The van der Waals surface area contributed by atoms with Crippen LogP contribution in [0, 0.1) is 5.92 Å². The van der Waals surface area contributed by atoms with Gasteiger partial charge in [0.1, 0.15) is 5.75 Å². The molecule has 5 nitrogen and oxygen atoms in total. The number of nitrogens with zero attached hydrogens (tertiary/aromatic N) is 2. The molecule has 1 heterocycles. The molecule has 0 aromatic heterocycles. The molecule has 1 aromatic carbocycles. The number of methoxy groups -OCH3 is 1. The summed E-state index contributed by atoms with van der Waals surface area (Å²) in [5, 5.41) is 0. The zero-order valence-electron chi connectivity index (χ0n) is 16.5. The van der Waals surface area contributed by atoms with E-state index < -0.39 is 0 Å². The first-order chi connectivity index (χ1) is 13.2. The molecule has 0 bridgehead atoms. The van der Waals surface area contributed by atoms with Crippen LogP contribution in [-0.4, -0.2) is 61.6 Å². The molecule has 0 atom stereocenters. The molecule has 148 valence electrons. The van der Waals surface area contributed by atoms with Crippen molar-refractivity contribution in [2.24, 2.45) is 11.7 Å². The van der Waals surface area contributed by atoms with E-state index in [4.69, 9.17) is 10.5 Å². The van der Waals surface area contributed by atoms with Crippen LogP contribution >= 0.6 is 0 Å². The number of hydrogen-bond donors (Lipinski definition) is 1. The van der Waals surface area contributed by atoms with Crippen molar-refractivity contribution in [3.8, 4) is 5.75 Å². The Kier molecular flexibility index (Phi) is 5.69. The van der Waals surface area contributed by atoms with E-state index in [0.29, 0.717) is 17.5 Å². The minimum absolute atomic E-state index is 0.349. The Hall–Kier alpha value is -1.59. The first kappa shape index (κ1) is 18.8. The van der Waals surface area contributed by atoms with Gasteiger partial charge in [0.25, 0.3) is 0 Å². The van der Waals surface area contributed by atoms with Crippen LogP contribution in [0.3, 0.4) is 0 Å². The van der Waals surface area contributed by atoms with Crippen LogP contribution in [0.2, 0.25) is 0 Å². The van der Waals surface area contributed by atoms with Gasteiger partial charge in [0.15, 0.2) is 0 Å². The topological polar surface area (TPSA) is 58.8 Å². The van der Waals surface area contributed by atoms with Gasteiger partial charge < -0.3 is 15.4 Å². The molecular weight excluding hydrogens is 338 g/mol. The normalized spacial score (nSPS) is 27.4. The van der Waals surface area contributed by atoms with Crippen molar-refractivity contribution in [1.82, 2.24) is 9.80 Å². The second-order valence-corrected chi connectivity index (χ2v) is 8.57. The second kappa shape index (κ2) is 8.19. The first-order valence-electron chi connectivity index (χ1n) is 10.6. The quantitative estimate of drug-likeness (QED) is 0.835. The minimum atomic E-state index is -0.349. The molecule has 5 heteroatoms. The highest BCUT2D eigenvalue weighted by Crippen LogP contribution is 2.40. The average molecular weight is 372 g/mol. The Morgan fingerprint density at radius 1 is 1.07 bits per heavy atom. The highest BCUT2D eigenvalue weighted by atomic mass is 16.5. The molecule has 1 saturated heterocycles. The molecule has 27 heavy (non-hydrogen) atoms. The number of carbonyl (C=O) groups excluding carboxylic acids is 1. The minimum Gasteiger partial charge on any atom is -0.496 e. The second-order valence-electron chi connectivity index (χ2n) is 8.57. The van der Waals surface area contributed by atoms with Crippen molar-refractivity contribution in [1.29, 1.82) is 0 Å². The lowest BCUT2D eigenvalue weighted by molar-refractivity contribution is 0.0737. The van der Waals surface area contributed by atoms with Crippen molar-refractivity contribution in [2.75, 3.05) is 39.8 Å². The number of ether oxygens (including phenoxy) is 1. The monoisotopic (exact) mass is 371 g/mol. The van der Waals surface area contributed by atoms with Crippen LogP contribution in [-0.2, 0) is 0 Å². The van der Waals surface area contributed by atoms with Gasteiger partial charge in [-0.1, -0.05) is 6.07 Å². The summed E-state index contributed by atoms with van der Waals surface area (Å²) in [4.78, 5) is 17.3. The van der Waals surface area contributed by atoms with Crippen LogP contribution in [0.15, 0.2) is 18.2 Å². The third-order valence-corrected chi connectivity index (χ3v) is 6.79. The Bertz CT molecular complexity index is 658. The summed E-state index contributed by atoms with van der Waals surface area (Å²) in [6.45, 7) is 6.21. The van der Waals surface area contributed by atoms with E-state index in [1.807, 2.05) is 18.2 Å². The fraction of sp³-hybridized carbons (Fsp3) is 0.682. The van der Waals surface area contributed by atoms with Gasteiger partial charge in [0, 0.05) is 49.9 Å². The molecule has 2 saturated carbocycles. The summed E-state index contributed by atoms with van der Waals surface area (Å²) in [5.41, 5.74) is 7.29. The Labute approximate surface area is 162 Å². The fourth-order valence-corrected chi connectivity index (χ4v) is 5.06. The van der Waals surface area contributed by atoms with E-state index in [-0.39, 0.29) is 5.91 Å². The summed E-state index contributed by atoms with van der Waals surface area (Å²) in [6.07, 6.45) is 7.50. The van der Waals surface area contributed by atoms with Crippen molar-refractivity contribution >= 4 is 5.91 Å². The van der Waals surface area contributed by atoms with Gasteiger partial charge in [-0.3, -0.25) is 9.69 Å². The molecule has 0 unspecified atom stereocenters. The van der Waals surface area contributed by atoms with Crippen molar-refractivity contribution in [2.45, 2.75) is 50.5 Å². The van der Waals surface area contributed by atoms with E-state index >= 15 is 0 Å². The number of rotatable bonds is 6. The zero-order valence-corrected chi connectivity index (χ0v) is 16.5. The number of amides is 1. The number of nitrogens with two attached hydrogens (primary N) is 1. The van der Waals surface area contributed by atoms with E-state index in [9.17, 15) is 4.79 Å². The van der Waals surface area contributed by atoms with Crippen molar-refractivity contribution < 1.29 is 9.53 Å². The van der Waals surface area contributed by atoms with Crippen LogP contribution in [0.25, 0.3) is 0 Å². The number of primary amides is 1. The molecule has 1 amide bonds. The summed E-state index contributed by atoms with van der Waals surface area (Å²) < 4.78 is 5.56. The lowest BCUT2D eigenvalue weighted by atomic mass is 9.79. The SMILES string of the molecule is COc1cccc(C(N)=O)c1C1CCC(N2CCN(CC3CC3)CC2)CC1. The maximum absolute atomic E-state index is 11.9. The molecule has 3 fully saturated rings. The highest BCUT2D eigenvalue weighted by molar-refractivity contribution is 5.95. The van der Waals surface area contributed by atoms with Gasteiger partial charge in [0.2, 0.25) is 5.91 Å². The zero-order chi connectivity index (χ0) is 18.8. The standard InChI is InChI=1S/C22H33N3O2/c1-27-20-4-2-3-19(22(23)26)21(20)17-7-9-18(10-8-17)25-13-11-24(12-14-25)15-16-5-6-16/h2-4,16-18H,5-15H2,1H3,(H2,23,26). The predicted molar refractivity (Wildman–Crippen MR) is 107 cm³/mol. The third kappa shape index (κ3) is 4.30. The van der Waals surface area contributed by atoms with Crippen LogP contribution < -0.4 is 10.5 Å². The molecule has 1 aliphatic heterocycles. The fourth-order valence-electron chi connectivity index (χ4n) is 5.06. The van der Waals surface area contributed by atoms with Crippen LogP contribution in [0.5, 0.6) is 5.75 Å². The van der Waals surface area contributed by atoms with Crippen LogP contribution in [0.4, 0.5) is 0 Å². The van der Waals surface area contributed by atoms with Gasteiger partial charge in [-0.05, 0) is 62.5 Å². The summed E-state index contributed by atoms with van der Waals surface area (Å²) in [6, 6.07) is 6.34. The molecular formula is C22H33N3O2. The molecule has 3 aliphatic rings. The highest BCUT2D eigenvalue weighted by Gasteiger charge is 2.32. The third-order valence-electron chi connectivity index (χ3n) is 6.79. The summed E-state index contributed by atoms with van der Waals surface area (Å²) in [5.74, 6) is 1.82. The Morgan fingerprint density at radius 2 is 1.78 bits per heavy atom.